The van der Waals surface area contributed by atoms with E-state index in [1.807, 2.05) is 60.7 Å². The van der Waals surface area contributed by atoms with Crippen LogP contribution in [0.25, 0.3) is 23.0 Å². The Balaban J connectivity index is 1.53. The van der Waals surface area contributed by atoms with Crippen LogP contribution in [-0.2, 0) is 16.2 Å². The Bertz CT molecular complexity index is 1660. The van der Waals surface area contributed by atoms with Crippen molar-refractivity contribution in [1.82, 2.24) is 14.7 Å². The molecular weight excluding hydrogens is 495 g/mol. The first kappa shape index (κ1) is 25.4. The van der Waals surface area contributed by atoms with Gasteiger partial charge >= 0.3 is 0 Å². The molecule has 0 N–H and O–H groups in total. The average Bonchev–Trinajstić information content (AvgIpc) is 3.39. The highest BCUT2D eigenvalue weighted by atomic mass is 19.1. The second-order valence-corrected chi connectivity index (χ2v) is 8.99. The number of benzene rings is 3. The van der Waals surface area contributed by atoms with Gasteiger partial charge in [-0.2, -0.15) is 10.4 Å². The molecule has 0 unspecified atom stereocenters. The van der Waals surface area contributed by atoms with Gasteiger partial charge in [0.1, 0.15) is 29.8 Å². The highest BCUT2D eigenvalue weighted by molar-refractivity contribution is 6.19. The first-order chi connectivity index (χ1) is 18.9. The fourth-order valence-corrected chi connectivity index (χ4v) is 4.24. The number of carbonyl (C=O) groups excluding carboxylic acids is 2. The highest BCUT2D eigenvalue weighted by Crippen LogP contribution is 2.31. The molecule has 0 fully saturated rings. The maximum absolute atomic E-state index is 13.2. The molecule has 39 heavy (non-hydrogen) atoms. The van der Waals surface area contributed by atoms with E-state index in [2.05, 4.69) is 0 Å². The molecule has 2 amide bonds. The number of halogens is 1. The lowest BCUT2D eigenvalue weighted by molar-refractivity contribution is -0.138. The van der Waals surface area contributed by atoms with Gasteiger partial charge in [-0.3, -0.25) is 14.5 Å². The number of hydrogen-bond donors (Lipinski definition) is 0. The second kappa shape index (κ2) is 10.6. The van der Waals surface area contributed by atoms with Crippen LogP contribution in [0.5, 0.6) is 5.75 Å². The lowest BCUT2D eigenvalue weighted by Gasteiger charge is -2.23. The SMILES string of the molecule is CC1=C(C#N)C(=O)N(C)C(=O)/C1=C/c1cn(-c2ccccc2)nc1-c1ccc(OCc2ccc(F)cc2)cc1. The van der Waals surface area contributed by atoms with Crippen LogP contribution >= 0.6 is 0 Å². The van der Waals surface area contributed by atoms with Crippen LogP contribution in [0.15, 0.2) is 102 Å². The van der Waals surface area contributed by atoms with Crippen LogP contribution in [-0.4, -0.2) is 33.5 Å². The quantitative estimate of drug-likeness (QED) is 0.249. The third kappa shape index (κ3) is 5.11. The molecule has 3 aromatic carbocycles. The van der Waals surface area contributed by atoms with Gasteiger partial charge in [0, 0.05) is 29.9 Å². The van der Waals surface area contributed by atoms with Gasteiger partial charge in [0.05, 0.1) is 11.4 Å². The molecule has 2 heterocycles. The van der Waals surface area contributed by atoms with E-state index in [0.717, 1.165) is 21.7 Å². The molecule has 0 saturated carbocycles. The van der Waals surface area contributed by atoms with Gasteiger partial charge in [-0.1, -0.05) is 30.3 Å². The summed E-state index contributed by atoms with van der Waals surface area (Å²) in [7, 11) is 1.36. The van der Waals surface area contributed by atoms with E-state index in [0.29, 0.717) is 29.2 Å². The minimum absolute atomic E-state index is 0.0667. The van der Waals surface area contributed by atoms with Gasteiger partial charge in [-0.25, -0.2) is 9.07 Å². The van der Waals surface area contributed by atoms with Crippen molar-refractivity contribution in [3.8, 4) is 28.8 Å². The van der Waals surface area contributed by atoms with E-state index in [1.54, 1.807) is 36.0 Å². The van der Waals surface area contributed by atoms with E-state index in [4.69, 9.17) is 9.84 Å². The fraction of sp³-hybridized carbons (Fsp3) is 0.0968. The molecule has 0 aliphatic carbocycles. The van der Waals surface area contributed by atoms with Crippen molar-refractivity contribution in [3.05, 3.63) is 119 Å². The van der Waals surface area contributed by atoms with Crippen LogP contribution in [0.1, 0.15) is 18.1 Å². The minimum Gasteiger partial charge on any atom is -0.489 e. The summed E-state index contributed by atoms with van der Waals surface area (Å²) in [5.74, 6) is -0.773. The van der Waals surface area contributed by atoms with E-state index in [9.17, 15) is 19.2 Å². The van der Waals surface area contributed by atoms with Gasteiger partial charge in [0.15, 0.2) is 0 Å². The zero-order valence-electron chi connectivity index (χ0n) is 21.3. The number of carbonyl (C=O) groups is 2. The first-order valence-corrected chi connectivity index (χ1v) is 12.1. The van der Waals surface area contributed by atoms with Gasteiger partial charge < -0.3 is 4.74 Å². The Morgan fingerprint density at radius 2 is 1.67 bits per heavy atom. The number of imide groups is 1. The molecule has 192 valence electrons. The van der Waals surface area contributed by atoms with E-state index in [1.165, 1.54) is 19.2 Å². The summed E-state index contributed by atoms with van der Waals surface area (Å²) in [4.78, 5) is 26.4. The topological polar surface area (TPSA) is 88.2 Å². The predicted octanol–water partition coefficient (Wildman–Crippen LogP) is 5.48. The smallest absolute Gasteiger partial charge is 0.271 e. The first-order valence-electron chi connectivity index (χ1n) is 12.1. The van der Waals surface area contributed by atoms with Crippen molar-refractivity contribution in [2.75, 3.05) is 7.05 Å². The summed E-state index contributed by atoms with van der Waals surface area (Å²) in [6.07, 6.45) is 3.47. The van der Waals surface area contributed by atoms with Gasteiger partial charge in [-0.15, -0.1) is 0 Å². The summed E-state index contributed by atoms with van der Waals surface area (Å²) in [5.41, 5.74) is 4.21. The Morgan fingerprint density at radius 1 is 0.974 bits per heavy atom. The number of rotatable bonds is 6. The largest absolute Gasteiger partial charge is 0.489 e. The van der Waals surface area contributed by atoms with Crippen molar-refractivity contribution >= 4 is 17.9 Å². The van der Waals surface area contributed by atoms with Gasteiger partial charge in [0.2, 0.25) is 0 Å². The van der Waals surface area contributed by atoms with Crippen molar-refractivity contribution in [3.63, 3.8) is 0 Å². The molecule has 8 heteroatoms. The number of aromatic nitrogens is 2. The highest BCUT2D eigenvalue weighted by Gasteiger charge is 2.33. The van der Waals surface area contributed by atoms with Crippen LogP contribution in [0.3, 0.4) is 0 Å². The zero-order chi connectivity index (χ0) is 27.5. The second-order valence-electron chi connectivity index (χ2n) is 8.99. The summed E-state index contributed by atoms with van der Waals surface area (Å²) in [5, 5.41) is 14.3. The van der Waals surface area contributed by atoms with Gasteiger partial charge in [-0.05, 0) is 72.7 Å². The van der Waals surface area contributed by atoms with Crippen molar-refractivity contribution in [1.29, 1.82) is 5.26 Å². The molecule has 0 saturated heterocycles. The lowest BCUT2D eigenvalue weighted by Crippen LogP contribution is -2.39. The normalized spacial score (nSPS) is 14.6. The average molecular weight is 519 g/mol. The molecule has 1 aromatic heterocycles. The standard InChI is InChI=1S/C31H23FN4O3/c1-20-27(30(37)35(2)31(38)28(20)17-33)16-23-18-36(25-6-4-3-5-7-25)34-29(23)22-10-14-26(15-11-22)39-19-21-8-12-24(32)13-9-21/h3-16,18H,19H2,1-2H3/b27-16+. The molecule has 1 aliphatic rings. The Labute approximate surface area is 224 Å². The van der Waals surface area contributed by atoms with Gasteiger partial charge in [0.25, 0.3) is 11.8 Å². The number of hydrogen-bond acceptors (Lipinski definition) is 5. The fourth-order valence-electron chi connectivity index (χ4n) is 4.24. The maximum atomic E-state index is 13.2. The number of nitriles is 1. The number of nitrogens with zero attached hydrogens (tertiary/aromatic N) is 4. The molecule has 0 atom stereocenters. The molecule has 4 aromatic rings. The Hall–Kier alpha value is -5.29. The van der Waals surface area contributed by atoms with E-state index in [-0.39, 0.29) is 17.0 Å². The number of para-hydroxylation sites is 1. The Kier molecular flexibility index (Phi) is 6.89. The molecule has 7 nitrogen and oxygen atoms in total. The van der Waals surface area contributed by atoms with Crippen molar-refractivity contribution in [2.24, 2.45) is 0 Å². The molecule has 5 rings (SSSR count). The number of ether oxygens (including phenoxy) is 1. The molecule has 0 bridgehead atoms. The van der Waals surface area contributed by atoms with Crippen molar-refractivity contribution < 1.29 is 18.7 Å². The van der Waals surface area contributed by atoms with Crippen LogP contribution < -0.4 is 4.74 Å². The summed E-state index contributed by atoms with van der Waals surface area (Å²) >= 11 is 0. The van der Waals surface area contributed by atoms with Crippen LogP contribution in [0.2, 0.25) is 0 Å². The number of likely N-dealkylation sites (N-methyl/N-ethyl adjacent to an activating group) is 1. The van der Waals surface area contributed by atoms with Crippen molar-refractivity contribution in [2.45, 2.75) is 13.5 Å². The van der Waals surface area contributed by atoms with Crippen LogP contribution in [0, 0.1) is 17.1 Å². The zero-order valence-corrected chi connectivity index (χ0v) is 21.3. The molecule has 0 spiro atoms. The predicted molar refractivity (Wildman–Crippen MR) is 144 cm³/mol. The summed E-state index contributed by atoms with van der Waals surface area (Å²) in [6, 6.07) is 24.9. The molecule has 1 aliphatic heterocycles. The van der Waals surface area contributed by atoms with Crippen LogP contribution in [0.4, 0.5) is 4.39 Å². The molecule has 0 radical (unpaired) electrons. The molecular formula is C31H23FN4O3. The Morgan fingerprint density at radius 3 is 2.33 bits per heavy atom. The maximum Gasteiger partial charge on any atom is 0.271 e. The number of amides is 2. The lowest BCUT2D eigenvalue weighted by atomic mass is 9.93. The minimum atomic E-state index is -0.617. The monoisotopic (exact) mass is 518 g/mol. The third-order valence-corrected chi connectivity index (χ3v) is 6.45. The summed E-state index contributed by atoms with van der Waals surface area (Å²) < 4.78 is 20.7. The summed E-state index contributed by atoms with van der Waals surface area (Å²) in [6.45, 7) is 1.89. The van der Waals surface area contributed by atoms with E-state index >= 15 is 0 Å². The third-order valence-electron chi connectivity index (χ3n) is 6.45. The van der Waals surface area contributed by atoms with E-state index < -0.39 is 11.8 Å².